The predicted molar refractivity (Wildman–Crippen MR) is 82.4 cm³/mol. The molecule has 0 spiro atoms. The normalized spacial score (nSPS) is 20.6. The van der Waals surface area contributed by atoms with Crippen molar-refractivity contribution in [2.24, 2.45) is 0 Å². The van der Waals surface area contributed by atoms with Crippen molar-refractivity contribution in [3.63, 3.8) is 0 Å². The molecule has 0 amide bonds. The van der Waals surface area contributed by atoms with Crippen molar-refractivity contribution in [1.29, 1.82) is 0 Å². The van der Waals surface area contributed by atoms with Crippen molar-refractivity contribution < 1.29 is 0 Å². The van der Waals surface area contributed by atoms with Gasteiger partial charge in [0, 0.05) is 6.54 Å². The van der Waals surface area contributed by atoms with Gasteiger partial charge in [-0.05, 0) is 68.3 Å². The molecule has 19 heavy (non-hydrogen) atoms. The molecule has 1 nitrogen and oxygen atoms in total. The van der Waals surface area contributed by atoms with Gasteiger partial charge in [-0.15, -0.1) is 0 Å². The molecule has 0 radical (unpaired) electrons. The van der Waals surface area contributed by atoms with Gasteiger partial charge in [0.1, 0.15) is 0 Å². The first-order chi connectivity index (χ1) is 9.42. The Hall–Kier alpha value is -1.08. The molecule has 0 bridgehead atoms. The topological polar surface area (TPSA) is 3.24 Å². The number of benzene rings is 1. The van der Waals surface area contributed by atoms with E-state index in [2.05, 4.69) is 35.3 Å². The maximum Gasteiger partial charge on any atom is 0.0166 e. The van der Waals surface area contributed by atoms with E-state index in [4.69, 9.17) is 0 Å². The first-order valence-electron chi connectivity index (χ1n) is 7.92. The largest absolute Gasteiger partial charge is 0.300 e. The lowest BCUT2D eigenvalue weighted by Gasteiger charge is -2.24. The molecule has 1 heteroatoms. The maximum atomic E-state index is 2.57. The zero-order chi connectivity index (χ0) is 12.9. The van der Waals surface area contributed by atoms with Crippen LogP contribution in [-0.4, -0.2) is 24.5 Å². The number of aryl methyl sites for hydroxylation is 2. The lowest BCUT2D eigenvalue weighted by Crippen LogP contribution is -2.29. The standard InChI is InChI=1S/C18H25N/c1-4-12-19(13-5-1)14-6-7-16-10-11-17-8-2-3-9-18(17)15-16/h6-7,10-11,15H,1-5,8-9,12-14H2. The number of piperidine rings is 1. The summed E-state index contributed by atoms with van der Waals surface area (Å²) in [7, 11) is 0. The summed E-state index contributed by atoms with van der Waals surface area (Å²) in [6, 6.07) is 7.03. The lowest BCUT2D eigenvalue weighted by atomic mass is 9.90. The molecule has 2 aliphatic rings. The Kier molecular flexibility index (Phi) is 4.34. The van der Waals surface area contributed by atoms with Crippen molar-refractivity contribution in [3.8, 4) is 0 Å². The van der Waals surface area contributed by atoms with E-state index in [9.17, 15) is 0 Å². The smallest absolute Gasteiger partial charge is 0.0166 e. The Labute approximate surface area is 117 Å². The highest BCUT2D eigenvalue weighted by Crippen LogP contribution is 2.22. The molecule has 3 rings (SSSR count). The van der Waals surface area contributed by atoms with Gasteiger partial charge in [0.15, 0.2) is 0 Å². The number of likely N-dealkylation sites (tertiary alicyclic amines) is 1. The first-order valence-corrected chi connectivity index (χ1v) is 7.92. The summed E-state index contributed by atoms with van der Waals surface area (Å²) in [6.45, 7) is 3.69. The van der Waals surface area contributed by atoms with Crippen molar-refractivity contribution >= 4 is 6.08 Å². The molecule has 102 valence electrons. The molecular weight excluding hydrogens is 230 g/mol. The van der Waals surface area contributed by atoms with Crippen molar-refractivity contribution in [3.05, 3.63) is 41.0 Å². The average Bonchev–Trinajstić information content (AvgIpc) is 2.48. The molecule has 0 N–H and O–H groups in total. The Morgan fingerprint density at radius 3 is 2.53 bits per heavy atom. The second kappa shape index (κ2) is 6.38. The van der Waals surface area contributed by atoms with Crippen LogP contribution in [0.3, 0.4) is 0 Å². The summed E-state index contributed by atoms with van der Waals surface area (Å²) in [5.41, 5.74) is 4.56. The highest BCUT2D eigenvalue weighted by Gasteiger charge is 2.09. The van der Waals surface area contributed by atoms with Crippen LogP contribution in [0.15, 0.2) is 24.3 Å². The fourth-order valence-electron chi connectivity index (χ4n) is 3.34. The van der Waals surface area contributed by atoms with Crippen LogP contribution in [0.4, 0.5) is 0 Å². The number of hydrogen-bond acceptors (Lipinski definition) is 1. The molecular formula is C18H25N. The van der Waals surface area contributed by atoms with Crippen LogP contribution in [0.25, 0.3) is 6.08 Å². The Balaban J connectivity index is 1.59. The summed E-state index contributed by atoms with van der Waals surface area (Å²) in [5, 5.41) is 0. The van der Waals surface area contributed by atoms with Gasteiger partial charge in [0.2, 0.25) is 0 Å². The van der Waals surface area contributed by atoms with E-state index in [1.807, 2.05) is 0 Å². The third-order valence-electron chi connectivity index (χ3n) is 4.50. The molecule has 1 saturated heterocycles. The summed E-state index contributed by atoms with van der Waals surface area (Å²) in [4.78, 5) is 2.57. The van der Waals surface area contributed by atoms with Gasteiger partial charge in [-0.25, -0.2) is 0 Å². The van der Waals surface area contributed by atoms with E-state index in [-0.39, 0.29) is 0 Å². The number of nitrogens with zero attached hydrogens (tertiary/aromatic N) is 1. The molecule has 1 aromatic rings. The monoisotopic (exact) mass is 255 g/mol. The molecule has 0 atom stereocenters. The van der Waals surface area contributed by atoms with E-state index in [0.29, 0.717) is 0 Å². The second-order valence-corrected chi connectivity index (χ2v) is 6.00. The molecule has 1 fully saturated rings. The van der Waals surface area contributed by atoms with Gasteiger partial charge in [-0.3, -0.25) is 4.90 Å². The molecule has 1 heterocycles. The summed E-state index contributed by atoms with van der Waals surface area (Å²) < 4.78 is 0. The minimum absolute atomic E-state index is 1.12. The maximum absolute atomic E-state index is 2.57. The van der Waals surface area contributed by atoms with Crippen LogP contribution in [0.5, 0.6) is 0 Å². The van der Waals surface area contributed by atoms with E-state index in [1.165, 1.54) is 63.6 Å². The van der Waals surface area contributed by atoms with Crippen molar-refractivity contribution in [2.75, 3.05) is 19.6 Å². The molecule has 1 aromatic carbocycles. The van der Waals surface area contributed by atoms with Crippen LogP contribution in [0.2, 0.25) is 0 Å². The SMILES string of the molecule is C(=Cc1ccc2c(c1)CCCC2)CN1CCCCC1. The average molecular weight is 255 g/mol. The Morgan fingerprint density at radius 2 is 1.68 bits per heavy atom. The summed E-state index contributed by atoms with van der Waals surface area (Å²) in [6.07, 6.45) is 14.1. The van der Waals surface area contributed by atoms with Crippen LogP contribution >= 0.6 is 0 Å². The number of rotatable bonds is 3. The molecule has 0 unspecified atom stereocenters. The predicted octanol–water partition coefficient (Wildman–Crippen LogP) is 4.06. The fraction of sp³-hybridized carbons (Fsp3) is 0.556. The molecule has 0 saturated carbocycles. The van der Waals surface area contributed by atoms with Crippen molar-refractivity contribution in [2.45, 2.75) is 44.9 Å². The van der Waals surface area contributed by atoms with E-state index < -0.39 is 0 Å². The van der Waals surface area contributed by atoms with Gasteiger partial charge in [-0.2, -0.15) is 0 Å². The van der Waals surface area contributed by atoms with Crippen LogP contribution in [0.1, 0.15) is 48.8 Å². The van der Waals surface area contributed by atoms with E-state index >= 15 is 0 Å². The van der Waals surface area contributed by atoms with Crippen LogP contribution < -0.4 is 0 Å². The zero-order valence-electron chi connectivity index (χ0n) is 11.9. The first kappa shape index (κ1) is 12.9. The van der Waals surface area contributed by atoms with Crippen molar-refractivity contribution in [1.82, 2.24) is 4.90 Å². The summed E-state index contributed by atoms with van der Waals surface area (Å²) in [5.74, 6) is 0. The van der Waals surface area contributed by atoms with Gasteiger partial charge < -0.3 is 0 Å². The third-order valence-corrected chi connectivity index (χ3v) is 4.50. The summed E-state index contributed by atoms with van der Waals surface area (Å²) >= 11 is 0. The highest BCUT2D eigenvalue weighted by atomic mass is 15.1. The molecule has 1 aliphatic carbocycles. The van der Waals surface area contributed by atoms with Gasteiger partial charge >= 0.3 is 0 Å². The van der Waals surface area contributed by atoms with Crippen LogP contribution in [0, 0.1) is 0 Å². The molecule has 1 aliphatic heterocycles. The van der Waals surface area contributed by atoms with Gasteiger partial charge in [-0.1, -0.05) is 36.8 Å². The second-order valence-electron chi connectivity index (χ2n) is 6.00. The van der Waals surface area contributed by atoms with Gasteiger partial charge in [0.05, 0.1) is 0 Å². The van der Waals surface area contributed by atoms with Gasteiger partial charge in [0.25, 0.3) is 0 Å². The Morgan fingerprint density at radius 1 is 0.895 bits per heavy atom. The quantitative estimate of drug-likeness (QED) is 0.787. The minimum Gasteiger partial charge on any atom is -0.300 e. The third kappa shape index (κ3) is 3.48. The fourth-order valence-corrected chi connectivity index (χ4v) is 3.34. The van der Waals surface area contributed by atoms with E-state index in [1.54, 1.807) is 11.1 Å². The number of fused-ring (bicyclic) bond motifs is 1. The minimum atomic E-state index is 1.12. The highest BCUT2D eigenvalue weighted by molar-refractivity contribution is 5.52. The number of hydrogen-bond donors (Lipinski definition) is 0. The van der Waals surface area contributed by atoms with E-state index in [0.717, 1.165) is 6.54 Å². The molecule has 0 aromatic heterocycles. The lowest BCUT2D eigenvalue weighted by molar-refractivity contribution is 0.252. The van der Waals surface area contributed by atoms with Crippen LogP contribution in [-0.2, 0) is 12.8 Å². The zero-order valence-corrected chi connectivity index (χ0v) is 11.9. The Bertz CT molecular complexity index is 441.